The molecule has 0 radical (unpaired) electrons. The van der Waals surface area contributed by atoms with E-state index in [0.717, 1.165) is 19.2 Å². The van der Waals surface area contributed by atoms with Crippen molar-refractivity contribution in [1.82, 2.24) is 0 Å². The molecule has 2 rings (SSSR count). The van der Waals surface area contributed by atoms with Crippen LogP contribution >= 0.6 is 50.5 Å². The van der Waals surface area contributed by atoms with Gasteiger partial charge >= 0.3 is 0 Å². The summed E-state index contributed by atoms with van der Waals surface area (Å²) in [5.74, 6) is 0. The maximum absolute atomic E-state index is 6.51. The number of hydrogen-bond donors (Lipinski definition) is 0. The largest absolute Gasteiger partial charge is 0.127 e. The molecule has 1 aromatic carbocycles. The van der Waals surface area contributed by atoms with E-state index in [0.29, 0.717) is 0 Å². The van der Waals surface area contributed by atoms with Crippen LogP contribution in [0.2, 0.25) is 4.34 Å². The van der Waals surface area contributed by atoms with Gasteiger partial charge in [-0.25, -0.2) is 0 Å². The molecule has 1 aromatic heterocycles. The number of thiophene rings is 1. The van der Waals surface area contributed by atoms with E-state index in [4.69, 9.17) is 23.2 Å². The van der Waals surface area contributed by atoms with Gasteiger partial charge in [0.15, 0.2) is 0 Å². The van der Waals surface area contributed by atoms with Crippen LogP contribution in [0, 0.1) is 13.8 Å². The van der Waals surface area contributed by atoms with Crippen LogP contribution in [0.1, 0.15) is 26.9 Å². The van der Waals surface area contributed by atoms with Crippen LogP contribution < -0.4 is 0 Å². The molecule has 4 heteroatoms. The normalized spacial score (nSPS) is 12.8. The predicted molar refractivity (Wildman–Crippen MR) is 80.6 cm³/mol. The number of alkyl halides is 1. The molecule has 90 valence electrons. The molecule has 0 fully saturated rings. The fraction of sp³-hybridized carbons (Fsp3) is 0.231. The first-order chi connectivity index (χ1) is 7.99. The molecule has 0 aliphatic heterocycles. The van der Waals surface area contributed by atoms with Crippen molar-refractivity contribution in [2.75, 3.05) is 0 Å². The van der Waals surface area contributed by atoms with Gasteiger partial charge in [0.25, 0.3) is 0 Å². The highest BCUT2D eigenvalue weighted by atomic mass is 79.9. The van der Waals surface area contributed by atoms with E-state index in [9.17, 15) is 0 Å². The van der Waals surface area contributed by atoms with Gasteiger partial charge in [-0.3, -0.25) is 0 Å². The lowest BCUT2D eigenvalue weighted by Crippen LogP contribution is -1.95. The fourth-order valence-corrected chi connectivity index (χ4v) is 3.65. The lowest BCUT2D eigenvalue weighted by molar-refractivity contribution is 1.13. The SMILES string of the molecule is Cc1cc(C(Cl)c2ccc(Cl)s2)c(C)cc1Br. The summed E-state index contributed by atoms with van der Waals surface area (Å²) in [6, 6.07) is 8.11. The maximum Gasteiger partial charge on any atom is 0.0931 e. The average molecular weight is 350 g/mol. The topological polar surface area (TPSA) is 0 Å². The van der Waals surface area contributed by atoms with E-state index >= 15 is 0 Å². The Morgan fingerprint density at radius 2 is 1.88 bits per heavy atom. The van der Waals surface area contributed by atoms with Crippen molar-refractivity contribution >= 4 is 50.5 Å². The van der Waals surface area contributed by atoms with Crippen molar-refractivity contribution in [2.45, 2.75) is 19.2 Å². The van der Waals surface area contributed by atoms with Crippen LogP contribution in [0.3, 0.4) is 0 Å². The van der Waals surface area contributed by atoms with Crippen LogP contribution in [0.4, 0.5) is 0 Å². The van der Waals surface area contributed by atoms with Crippen molar-refractivity contribution in [3.63, 3.8) is 0 Å². The number of halogens is 3. The highest BCUT2D eigenvalue weighted by molar-refractivity contribution is 9.10. The summed E-state index contributed by atoms with van der Waals surface area (Å²) >= 11 is 17.5. The second-order valence-corrected chi connectivity index (χ2v) is 7.00. The summed E-state index contributed by atoms with van der Waals surface area (Å²) in [6.07, 6.45) is 0. The first-order valence-corrected chi connectivity index (χ1v) is 7.57. The quantitative estimate of drug-likeness (QED) is 0.574. The molecule has 0 aliphatic rings. The van der Waals surface area contributed by atoms with Gasteiger partial charge in [-0.15, -0.1) is 22.9 Å². The zero-order chi connectivity index (χ0) is 12.6. The van der Waals surface area contributed by atoms with Gasteiger partial charge in [0.1, 0.15) is 0 Å². The average Bonchev–Trinajstić information content (AvgIpc) is 2.69. The molecule has 0 N–H and O–H groups in total. The smallest absolute Gasteiger partial charge is 0.0931 e. The molecule has 0 saturated heterocycles. The van der Waals surface area contributed by atoms with Gasteiger partial charge in [-0.2, -0.15) is 0 Å². The Kier molecular flexibility index (Phi) is 4.19. The van der Waals surface area contributed by atoms with Crippen molar-refractivity contribution in [3.05, 3.63) is 54.6 Å². The van der Waals surface area contributed by atoms with Gasteiger partial charge in [0.05, 0.1) is 9.71 Å². The molecule has 0 aliphatic carbocycles. The molecule has 1 unspecified atom stereocenters. The molecule has 2 aromatic rings. The molecule has 0 bridgehead atoms. The van der Waals surface area contributed by atoms with E-state index < -0.39 is 0 Å². The number of hydrogen-bond acceptors (Lipinski definition) is 1. The Morgan fingerprint density at radius 1 is 1.18 bits per heavy atom. The van der Waals surface area contributed by atoms with Crippen molar-refractivity contribution < 1.29 is 0 Å². The predicted octanol–water partition coefficient (Wildman–Crippen LogP) is 6.11. The molecule has 0 nitrogen and oxygen atoms in total. The van der Waals surface area contributed by atoms with Gasteiger partial charge in [0, 0.05) is 9.35 Å². The summed E-state index contributed by atoms with van der Waals surface area (Å²) in [6.45, 7) is 4.14. The highest BCUT2D eigenvalue weighted by Gasteiger charge is 2.16. The molecule has 17 heavy (non-hydrogen) atoms. The third-order valence-corrected chi connectivity index (χ3v) is 5.41. The minimum atomic E-state index is -0.126. The maximum atomic E-state index is 6.51. The molecule has 1 atom stereocenters. The minimum absolute atomic E-state index is 0.126. The standard InChI is InChI=1S/C13H11BrCl2S/c1-7-6-10(14)8(2)5-9(7)13(16)11-3-4-12(15)17-11/h3-6,13H,1-2H3. The van der Waals surface area contributed by atoms with E-state index in [1.807, 2.05) is 12.1 Å². The first kappa shape index (κ1) is 13.4. The zero-order valence-corrected chi connectivity index (χ0v) is 13.3. The molecular formula is C13H11BrCl2S. The van der Waals surface area contributed by atoms with Crippen molar-refractivity contribution in [3.8, 4) is 0 Å². The van der Waals surface area contributed by atoms with Crippen LogP contribution in [0.5, 0.6) is 0 Å². The Hall–Kier alpha value is -0.0200. The van der Waals surface area contributed by atoms with E-state index in [1.165, 1.54) is 22.5 Å². The summed E-state index contributed by atoms with van der Waals surface area (Å²) < 4.78 is 1.89. The first-order valence-electron chi connectivity index (χ1n) is 5.15. The summed E-state index contributed by atoms with van der Waals surface area (Å²) in [4.78, 5) is 1.08. The highest BCUT2D eigenvalue weighted by Crippen LogP contribution is 2.38. The van der Waals surface area contributed by atoms with Crippen LogP contribution in [0.25, 0.3) is 0 Å². The van der Waals surface area contributed by atoms with Crippen LogP contribution in [-0.4, -0.2) is 0 Å². The number of aryl methyl sites for hydroxylation is 2. The van der Waals surface area contributed by atoms with Gasteiger partial charge < -0.3 is 0 Å². The van der Waals surface area contributed by atoms with E-state index in [2.05, 4.69) is 41.9 Å². The number of rotatable bonds is 2. The summed E-state index contributed by atoms with van der Waals surface area (Å²) in [7, 11) is 0. The van der Waals surface area contributed by atoms with Crippen molar-refractivity contribution in [1.29, 1.82) is 0 Å². The second-order valence-electron chi connectivity index (χ2n) is 3.96. The van der Waals surface area contributed by atoms with Gasteiger partial charge in [-0.1, -0.05) is 33.6 Å². The minimum Gasteiger partial charge on any atom is -0.127 e. The zero-order valence-electron chi connectivity index (χ0n) is 9.43. The second kappa shape index (κ2) is 5.31. The van der Waals surface area contributed by atoms with Gasteiger partial charge in [0.2, 0.25) is 0 Å². The summed E-state index contributed by atoms with van der Waals surface area (Å²) in [5.41, 5.74) is 3.52. The molecule has 1 heterocycles. The molecule has 0 saturated carbocycles. The molecule has 0 spiro atoms. The monoisotopic (exact) mass is 348 g/mol. The molecular weight excluding hydrogens is 339 g/mol. The summed E-state index contributed by atoms with van der Waals surface area (Å²) in [5, 5.41) is -0.126. The lowest BCUT2D eigenvalue weighted by atomic mass is 10.0. The number of benzene rings is 1. The third-order valence-electron chi connectivity index (χ3n) is 2.66. The Balaban J connectivity index is 2.43. The fourth-order valence-electron chi connectivity index (χ4n) is 1.69. The van der Waals surface area contributed by atoms with E-state index in [-0.39, 0.29) is 5.38 Å². The lowest BCUT2D eigenvalue weighted by Gasteiger charge is -2.13. The molecule has 0 amide bonds. The van der Waals surface area contributed by atoms with Crippen molar-refractivity contribution in [2.24, 2.45) is 0 Å². The Labute approximate surface area is 124 Å². The Bertz CT molecular complexity index is 548. The third kappa shape index (κ3) is 2.87. The van der Waals surface area contributed by atoms with E-state index in [1.54, 1.807) is 0 Å². The van der Waals surface area contributed by atoms with Gasteiger partial charge in [-0.05, 0) is 48.7 Å². The van der Waals surface area contributed by atoms with Crippen LogP contribution in [-0.2, 0) is 0 Å². The van der Waals surface area contributed by atoms with Crippen LogP contribution in [0.15, 0.2) is 28.7 Å². The Morgan fingerprint density at radius 3 is 2.47 bits per heavy atom.